The molecule has 1 aromatic carbocycles. The number of anilines is 1. The fourth-order valence-corrected chi connectivity index (χ4v) is 6.43. The summed E-state index contributed by atoms with van der Waals surface area (Å²) in [5.74, 6) is 0.878. The summed E-state index contributed by atoms with van der Waals surface area (Å²) in [6.07, 6.45) is 1.77. The van der Waals surface area contributed by atoms with Crippen LogP contribution in [-0.2, 0) is 16.6 Å². The maximum Gasteiger partial charge on any atom is 0.252 e. The minimum Gasteiger partial charge on any atom is -0.354 e. The van der Waals surface area contributed by atoms with Crippen LogP contribution in [0, 0.1) is 0 Å². The average Bonchev–Trinajstić information content (AvgIpc) is 3.18. The molecule has 0 unspecified atom stereocenters. The van der Waals surface area contributed by atoms with Gasteiger partial charge in [0.25, 0.3) is 10.0 Å². The Hall–Kier alpha value is -1.71. The molecule has 4 rings (SSSR count). The molecular formula is C20H25ClN4O2S2. The van der Waals surface area contributed by atoms with E-state index < -0.39 is 10.0 Å². The number of pyridine rings is 1. The van der Waals surface area contributed by atoms with Crippen LogP contribution in [-0.4, -0.2) is 50.4 Å². The summed E-state index contributed by atoms with van der Waals surface area (Å²) in [7, 11) is -3.57. The maximum absolute atomic E-state index is 13.3. The molecule has 0 amide bonds. The zero-order valence-corrected chi connectivity index (χ0v) is 18.7. The lowest BCUT2D eigenvalue weighted by Crippen LogP contribution is -2.43. The number of halogens is 1. The van der Waals surface area contributed by atoms with Crippen molar-refractivity contribution in [1.29, 1.82) is 0 Å². The zero-order valence-electron chi connectivity index (χ0n) is 16.2. The molecule has 156 valence electrons. The van der Waals surface area contributed by atoms with Gasteiger partial charge in [-0.3, -0.25) is 0 Å². The summed E-state index contributed by atoms with van der Waals surface area (Å²) >= 11 is 1.32. The van der Waals surface area contributed by atoms with Crippen molar-refractivity contribution in [3.63, 3.8) is 0 Å². The molecule has 0 radical (unpaired) electrons. The molecule has 2 aromatic heterocycles. The highest BCUT2D eigenvalue weighted by molar-refractivity contribution is 7.91. The topological polar surface area (TPSA) is 65.5 Å². The average molecular weight is 453 g/mol. The van der Waals surface area contributed by atoms with Crippen molar-refractivity contribution in [2.24, 2.45) is 0 Å². The quantitative estimate of drug-likeness (QED) is 0.621. The van der Waals surface area contributed by atoms with E-state index in [0.717, 1.165) is 47.6 Å². The number of nitrogens with zero attached hydrogens (tertiary/aromatic N) is 3. The monoisotopic (exact) mass is 452 g/mol. The molecule has 0 spiro atoms. The Kier molecular flexibility index (Phi) is 7.13. The summed E-state index contributed by atoms with van der Waals surface area (Å²) in [5.41, 5.74) is 0.984. The van der Waals surface area contributed by atoms with Gasteiger partial charge in [-0.2, -0.15) is 4.31 Å². The van der Waals surface area contributed by atoms with Crippen molar-refractivity contribution >= 4 is 49.7 Å². The molecule has 1 aliphatic heterocycles. The lowest BCUT2D eigenvalue weighted by molar-refractivity contribution is 0.425. The summed E-state index contributed by atoms with van der Waals surface area (Å²) in [6, 6.07) is 13.4. The number of sulfonamides is 1. The number of thiophene rings is 1. The largest absolute Gasteiger partial charge is 0.354 e. The summed E-state index contributed by atoms with van der Waals surface area (Å²) in [5, 5.41) is 4.26. The van der Waals surface area contributed by atoms with Crippen LogP contribution in [0.3, 0.4) is 0 Å². The van der Waals surface area contributed by atoms with Crippen LogP contribution in [0.5, 0.6) is 0 Å². The third kappa shape index (κ3) is 4.57. The first-order valence-electron chi connectivity index (χ1n) is 9.48. The molecule has 1 saturated heterocycles. The molecule has 1 N–H and O–H groups in total. The van der Waals surface area contributed by atoms with Crippen molar-refractivity contribution in [1.82, 2.24) is 14.6 Å². The first kappa shape index (κ1) is 22.0. The fourth-order valence-electron chi connectivity index (χ4n) is 3.46. The number of aromatic nitrogens is 1. The van der Waals surface area contributed by atoms with Crippen LogP contribution >= 0.6 is 23.7 Å². The van der Waals surface area contributed by atoms with E-state index in [9.17, 15) is 8.42 Å². The highest BCUT2D eigenvalue weighted by Gasteiger charge is 2.27. The van der Waals surface area contributed by atoms with Crippen LogP contribution in [0.25, 0.3) is 10.1 Å². The second-order valence-electron chi connectivity index (χ2n) is 6.77. The minimum atomic E-state index is -3.57. The standard InChI is InChI=1S/C20H24N4O2S2.ClH/c1-2-24(15-16-6-4-3-5-7-16)28(25,26)19-14-17-18(27-19)8-9-22-20(17)23-12-10-21-11-13-23;/h3-9,14,21H,2,10-13,15H2,1H3;1H. The number of hydrogen-bond donors (Lipinski definition) is 1. The van der Waals surface area contributed by atoms with Crippen LogP contribution in [0.2, 0.25) is 0 Å². The molecule has 0 aliphatic carbocycles. The highest BCUT2D eigenvalue weighted by Crippen LogP contribution is 2.35. The molecule has 29 heavy (non-hydrogen) atoms. The Morgan fingerprint density at radius 3 is 2.59 bits per heavy atom. The number of hydrogen-bond acceptors (Lipinski definition) is 6. The van der Waals surface area contributed by atoms with E-state index in [0.29, 0.717) is 17.3 Å². The van der Waals surface area contributed by atoms with Crippen molar-refractivity contribution in [2.45, 2.75) is 17.7 Å². The van der Waals surface area contributed by atoms with Gasteiger partial charge in [-0.15, -0.1) is 23.7 Å². The third-order valence-corrected chi connectivity index (χ3v) is 8.44. The molecule has 9 heteroatoms. The summed E-state index contributed by atoms with van der Waals surface area (Å²) in [6.45, 7) is 6.24. The van der Waals surface area contributed by atoms with Gasteiger partial charge in [0.15, 0.2) is 0 Å². The first-order chi connectivity index (χ1) is 13.6. The highest BCUT2D eigenvalue weighted by atomic mass is 35.5. The van der Waals surface area contributed by atoms with Gasteiger partial charge in [0.05, 0.1) is 0 Å². The van der Waals surface area contributed by atoms with Gasteiger partial charge in [0.2, 0.25) is 0 Å². The van der Waals surface area contributed by atoms with Gasteiger partial charge in [-0.05, 0) is 17.7 Å². The Labute approximate surface area is 182 Å². The van der Waals surface area contributed by atoms with Gasteiger partial charge < -0.3 is 10.2 Å². The SMILES string of the molecule is CCN(Cc1ccccc1)S(=O)(=O)c1cc2c(N3CCNCC3)nccc2s1.Cl. The van der Waals surface area contributed by atoms with E-state index in [1.54, 1.807) is 12.3 Å². The normalized spacial score (nSPS) is 14.9. The first-order valence-corrected chi connectivity index (χ1v) is 11.7. The van der Waals surface area contributed by atoms with Gasteiger partial charge in [0, 0.05) is 55.6 Å². The van der Waals surface area contributed by atoms with E-state index in [-0.39, 0.29) is 12.4 Å². The Bertz CT molecular complexity index is 1050. The third-order valence-electron chi connectivity index (χ3n) is 4.97. The van der Waals surface area contributed by atoms with Crippen LogP contribution < -0.4 is 10.2 Å². The van der Waals surface area contributed by atoms with Crippen molar-refractivity contribution in [2.75, 3.05) is 37.6 Å². The number of piperazine rings is 1. The molecule has 0 saturated carbocycles. The summed E-state index contributed by atoms with van der Waals surface area (Å²) in [4.78, 5) is 6.78. The predicted octanol–water partition coefficient (Wildman–Crippen LogP) is 3.34. The zero-order chi connectivity index (χ0) is 19.6. The van der Waals surface area contributed by atoms with E-state index in [4.69, 9.17) is 0 Å². The van der Waals surface area contributed by atoms with Crippen molar-refractivity contribution < 1.29 is 8.42 Å². The van der Waals surface area contributed by atoms with E-state index in [2.05, 4.69) is 15.2 Å². The molecule has 3 heterocycles. The van der Waals surface area contributed by atoms with Crippen LogP contribution in [0.15, 0.2) is 52.9 Å². The van der Waals surface area contributed by atoms with E-state index >= 15 is 0 Å². The number of rotatable bonds is 6. The lowest BCUT2D eigenvalue weighted by Gasteiger charge is -2.28. The molecule has 3 aromatic rings. The Morgan fingerprint density at radius 2 is 1.90 bits per heavy atom. The fraction of sp³-hybridized carbons (Fsp3) is 0.350. The lowest BCUT2D eigenvalue weighted by atomic mass is 10.2. The molecule has 0 bridgehead atoms. The smallest absolute Gasteiger partial charge is 0.252 e. The maximum atomic E-state index is 13.3. The predicted molar refractivity (Wildman–Crippen MR) is 122 cm³/mol. The molecular weight excluding hydrogens is 428 g/mol. The minimum absolute atomic E-state index is 0. The summed E-state index contributed by atoms with van der Waals surface area (Å²) < 4.78 is 29.5. The molecule has 0 atom stereocenters. The van der Waals surface area contributed by atoms with Crippen LogP contribution in [0.1, 0.15) is 12.5 Å². The second-order valence-corrected chi connectivity index (χ2v) is 10.0. The molecule has 6 nitrogen and oxygen atoms in total. The second kappa shape index (κ2) is 9.40. The van der Waals surface area contributed by atoms with Crippen LogP contribution in [0.4, 0.5) is 5.82 Å². The van der Waals surface area contributed by atoms with E-state index in [1.165, 1.54) is 15.6 Å². The van der Waals surface area contributed by atoms with Gasteiger partial charge >= 0.3 is 0 Å². The van der Waals surface area contributed by atoms with Gasteiger partial charge in [-0.1, -0.05) is 37.3 Å². The van der Waals surface area contributed by atoms with Crippen molar-refractivity contribution in [3.8, 4) is 0 Å². The van der Waals surface area contributed by atoms with Gasteiger partial charge in [0.1, 0.15) is 10.0 Å². The van der Waals surface area contributed by atoms with Gasteiger partial charge in [-0.25, -0.2) is 13.4 Å². The van der Waals surface area contributed by atoms with E-state index in [1.807, 2.05) is 43.3 Å². The number of nitrogens with one attached hydrogen (secondary N) is 1. The Balaban J connectivity index is 0.00000240. The molecule has 1 aliphatic rings. The molecule has 1 fully saturated rings. The number of fused-ring (bicyclic) bond motifs is 1. The Morgan fingerprint density at radius 1 is 1.17 bits per heavy atom. The number of benzene rings is 1. The van der Waals surface area contributed by atoms with Crippen molar-refractivity contribution in [3.05, 3.63) is 54.2 Å².